The third-order valence-electron chi connectivity index (χ3n) is 4.68. The van der Waals surface area contributed by atoms with Crippen LogP contribution in [0.2, 0.25) is 0 Å². The summed E-state index contributed by atoms with van der Waals surface area (Å²) in [5.41, 5.74) is 7.40. The number of carbonyl (C=O) groups is 2. The average Bonchev–Trinajstić information content (AvgIpc) is 2.63. The van der Waals surface area contributed by atoms with Gasteiger partial charge in [-0.3, -0.25) is 9.59 Å². The van der Waals surface area contributed by atoms with Crippen LogP contribution in [0.3, 0.4) is 0 Å². The lowest BCUT2D eigenvalue weighted by Crippen LogP contribution is -2.43. The molecule has 7 heteroatoms. The first kappa shape index (κ1) is 17.7. The van der Waals surface area contributed by atoms with Crippen LogP contribution in [0.4, 0.5) is 11.4 Å². The first-order valence-corrected chi connectivity index (χ1v) is 8.93. The van der Waals surface area contributed by atoms with Crippen molar-refractivity contribution in [3.63, 3.8) is 0 Å². The quantitative estimate of drug-likeness (QED) is 0.742. The Morgan fingerprint density at radius 2 is 2.08 bits per heavy atom. The Labute approximate surface area is 147 Å². The summed E-state index contributed by atoms with van der Waals surface area (Å²) in [4.78, 5) is 26.2. The Kier molecular flexibility index (Phi) is 5.88. The predicted molar refractivity (Wildman–Crippen MR) is 96.9 cm³/mol. The molecular weight excluding hydrogens is 320 g/mol. The van der Waals surface area contributed by atoms with Gasteiger partial charge in [-0.25, -0.2) is 0 Å². The minimum absolute atomic E-state index is 0.0199. The van der Waals surface area contributed by atoms with Crippen molar-refractivity contribution in [2.45, 2.75) is 31.7 Å². The zero-order valence-corrected chi connectivity index (χ0v) is 14.4. The van der Waals surface area contributed by atoms with Gasteiger partial charge in [-0.2, -0.15) is 0 Å². The number of ether oxygens (including phenoxy) is 1. The second kappa shape index (κ2) is 8.31. The molecule has 136 valence electrons. The Balaban J connectivity index is 1.75. The van der Waals surface area contributed by atoms with Gasteiger partial charge in [-0.15, -0.1) is 0 Å². The number of hydrogen-bond acceptors (Lipinski definition) is 5. The number of nitrogens with zero attached hydrogens (tertiary/aromatic N) is 1. The van der Waals surface area contributed by atoms with Crippen LogP contribution in [-0.4, -0.2) is 50.7 Å². The summed E-state index contributed by atoms with van der Waals surface area (Å²) in [6, 6.07) is 5.29. The smallest absolute Gasteiger partial charge is 0.248 e. The number of piperidine rings is 1. The van der Waals surface area contributed by atoms with E-state index in [0.29, 0.717) is 30.9 Å². The lowest BCUT2D eigenvalue weighted by atomic mass is 10.1. The highest BCUT2D eigenvalue weighted by Gasteiger charge is 2.20. The lowest BCUT2D eigenvalue weighted by molar-refractivity contribution is -0.117. The number of amides is 2. The molecule has 25 heavy (non-hydrogen) atoms. The number of nitrogens with two attached hydrogens (primary N) is 1. The molecule has 0 radical (unpaired) electrons. The fourth-order valence-electron chi connectivity index (χ4n) is 3.38. The van der Waals surface area contributed by atoms with Crippen molar-refractivity contribution >= 4 is 23.2 Å². The predicted octanol–water partition coefficient (Wildman–Crippen LogP) is 1.09. The van der Waals surface area contributed by atoms with Crippen molar-refractivity contribution < 1.29 is 14.3 Å². The molecule has 1 aromatic rings. The number of morpholine rings is 1. The van der Waals surface area contributed by atoms with Crippen molar-refractivity contribution in [3.8, 4) is 0 Å². The van der Waals surface area contributed by atoms with Gasteiger partial charge in [0.15, 0.2) is 0 Å². The number of primary amides is 1. The Morgan fingerprint density at radius 3 is 2.76 bits per heavy atom. The van der Waals surface area contributed by atoms with Crippen molar-refractivity contribution in [1.82, 2.24) is 5.32 Å². The van der Waals surface area contributed by atoms with E-state index in [1.54, 1.807) is 12.1 Å². The number of nitrogens with one attached hydrogen (secondary N) is 2. The lowest BCUT2D eigenvalue weighted by Gasteiger charge is -2.31. The normalized spacial score (nSPS) is 21.0. The minimum atomic E-state index is -0.497. The average molecular weight is 346 g/mol. The second-order valence-corrected chi connectivity index (χ2v) is 6.62. The van der Waals surface area contributed by atoms with E-state index in [0.717, 1.165) is 38.2 Å². The molecule has 0 aromatic heterocycles. The molecule has 1 aromatic carbocycles. The van der Waals surface area contributed by atoms with Gasteiger partial charge >= 0.3 is 0 Å². The number of rotatable bonds is 5. The minimum Gasteiger partial charge on any atom is -0.378 e. The maximum Gasteiger partial charge on any atom is 0.248 e. The van der Waals surface area contributed by atoms with E-state index >= 15 is 0 Å². The summed E-state index contributed by atoms with van der Waals surface area (Å²) in [7, 11) is 0. The molecule has 1 atom stereocenters. The van der Waals surface area contributed by atoms with Gasteiger partial charge in [0, 0.05) is 37.7 Å². The maximum absolute atomic E-state index is 12.5. The van der Waals surface area contributed by atoms with Gasteiger partial charge in [0.05, 0.1) is 24.6 Å². The first-order chi connectivity index (χ1) is 12.1. The highest BCUT2D eigenvalue weighted by atomic mass is 16.5. The molecule has 2 aliphatic rings. The highest BCUT2D eigenvalue weighted by molar-refractivity contribution is 5.99. The largest absolute Gasteiger partial charge is 0.378 e. The SMILES string of the molecule is NC(=O)c1ccc(N2CCCCC2)c(NC(=O)CC2COCCN2)c1. The number of hydrogen-bond donors (Lipinski definition) is 3. The van der Waals surface area contributed by atoms with Crippen LogP contribution in [0.1, 0.15) is 36.0 Å². The summed E-state index contributed by atoms with van der Waals surface area (Å²) in [5, 5.41) is 6.24. The van der Waals surface area contributed by atoms with E-state index in [9.17, 15) is 9.59 Å². The number of carbonyl (C=O) groups excluding carboxylic acids is 2. The summed E-state index contributed by atoms with van der Waals surface area (Å²) in [6.07, 6.45) is 3.83. The van der Waals surface area contributed by atoms with Crippen LogP contribution in [0.15, 0.2) is 18.2 Å². The van der Waals surface area contributed by atoms with E-state index in [4.69, 9.17) is 10.5 Å². The molecule has 0 spiro atoms. The van der Waals surface area contributed by atoms with Crippen LogP contribution in [0, 0.1) is 0 Å². The second-order valence-electron chi connectivity index (χ2n) is 6.62. The molecular formula is C18H26N4O3. The van der Waals surface area contributed by atoms with Crippen molar-refractivity contribution in [3.05, 3.63) is 23.8 Å². The first-order valence-electron chi connectivity index (χ1n) is 8.93. The standard InChI is InChI=1S/C18H26N4O3/c19-18(24)13-4-5-16(22-7-2-1-3-8-22)15(10-13)21-17(23)11-14-12-25-9-6-20-14/h4-5,10,14,20H,1-3,6-9,11-12H2,(H2,19,24)(H,21,23). The summed E-state index contributed by atoms with van der Waals surface area (Å²) in [5.74, 6) is -0.592. The fraction of sp³-hybridized carbons (Fsp3) is 0.556. The van der Waals surface area contributed by atoms with Crippen LogP contribution >= 0.6 is 0 Å². The molecule has 2 heterocycles. The Bertz CT molecular complexity index is 623. The number of benzene rings is 1. The van der Waals surface area contributed by atoms with Gasteiger partial charge in [-0.1, -0.05) is 0 Å². The van der Waals surface area contributed by atoms with Gasteiger partial charge in [0.25, 0.3) is 0 Å². The molecule has 0 bridgehead atoms. The van der Waals surface area contributed by atoms with E-state index < -0.39 is 5.91 Å². The molecule has 7 nitrogen and oxygen atoms in total. The summed E-state index contributed by atoms with van der Waals surface area (Å²) in [6.45, 7) is 3.88. The van der Waals surface area contributed by atoms with Gasteiger partial charge < -0.3 is 26.0 Å². The molecule has 2 aliphatic heterocycles. The van der Waals surface area contributed by atoms with Crippen LogP contribution in [-0.2, 0) is 9.53 Å². The highest BCUT2D eigenvalue weighted by Crippen LogP contribution is 2.30. The molecule has 1 unspecified atom stereocenters. The molecule has 4 N–H and O–H groups in total. The zero-order chi connectivity index (χ0) is 17.6. The van der Waals surface area contributed by atoms with E-state index in [-0.39, 0.29) is 11.9 Å². The fourth-order valence-corrected chi connectivity index (χ4v) is 3.38. The molecule has 2 saturated heterocycles. The van der Waals surface area contributed by atoms with E-state index in [1.807, 2.05) is 6.07 Å². The molecule has 2 fully saturated rings. The van der Waals surface area contributed by atoms with Gasteiger partial charge in [0.2, 0.25) is 11.8 Å². The third-order valence-corrected chi connectivity index (χ3v) is 4.68. The molecule has 2 amide bonds. The topological polar surface area (TPSA) is 96.7 Å². The van der Waals surface area contributed by atoms with E-state index in [2.05, 4.69) is 15.5 Å². The van der Waals surface area contributed by atoms with Crippen LogP contribution < -0.4 is 21.3 Å². The maximum atomic E-state index is 12.5. The monoisotopic (exact) mass is 346 g/mol. The van der Waals surface area contributed by atoms with Crippen LogP contribution in [0.25, 0.3) is 0 Å². The molecule has 3 rings (SSSR count). The van der Waals surface area contributed by atoms with Crippen LogP contribution in [0.5, 0.6) is 0 Å². The summed E-state index contributed by atoms with van der Waals surface area (Å²) >= 11 is 0. The summed E-state index contributed by atoms with van der Waals surface area (Å²) < 4.78 is 5.39. The van der Waals surface area contributed by atoms with Gasteiger partial charge in [-0.05, 0) is 37.5 Å². The third kappa shape index (κ3) is 4.70. The van der Waals surface area contributed by atoms with E-state index in [1.165, 1.54) is 6.42 Å². The van der Waals surface area contributed by atoms with Crippen molar-refractivity contribution in [1.29, 1.82) is 0 Å². The molecule has 0 aliphatic carbocycles. The Morgan fingerprint density at radius 1 is 1.28 bits per heavy atom. The van der Waals surface area contributed by atoms with Gasteiger partial charge in [0.1, 0.15) is 0 Å². The number of anilines is 2. The Hall–Kier alpha value is -2.12. The van der Waals surface area contributed by atoms with Crippen molar-refractivity contribution in [2.24, 2.45) is 5.73 Å². The van der Waals surface area contributed by atoms with Crippen molar-refractivity contribution in [2.75, 3.05) is 43.1 Å². The zero-order valence-electron chi connectivity index (χ0n) is 14.4. The molecule has 0 saturated carbocycles.